The third-order valence-electron chi connectivity index (χ3n) is 3.15. The van der Waals surface area contributed by atoms with E-state index in [0.717, 1.165) is 35.8 Å². The van der Waals surface area contributed by atoms with Gasteiger partial charge in [0, 0.05) is 11.6 Å². The molecule has 0 aliphatic carbocycles. The van der Waals surface area contributed by atoms with Crippen LogP contribution in [0.3, 0.4) is 0 Å². The van der Waals surface area contributed by atoms with Gasteiger partial charge in [-0.25, -0.2) is 0 Å². The first-order chi connectivity index (χ1) is 9.27. The van der Waals surface area contributed by atoms with Crippen LogP contribution in [0.1, 0.15) is 45.1 Å². The van der Waals surface area contributed by atoms with E-state index in [4.69, 9.17) is 16.3 Å². The van der Waals surface area contributed by atoms with Crippen molar-refractivity contribution in [3.63, 3.8) is 0 Å². The number of aryl methyl sites for hydroxylation is 1. The average Bonchev–Trinajstić information content (AvgIpc) is 2.43. The maximum Gasteiger partial charge on any atom is 0.119 e. The molecule has 0 aliphatic heterocycles. The second-order valence-corrected chi connectivity index (χ2v) is 5.17. The van der Waals surface area contributed by atoms with Crippen LogP contribution in [0.25, 0.3) is 0 Å². The average molecular weight is 284 g/mol. The van der Waals surface area contributed by atoms with E-state index >= 15 is 0 Å². The molecule has 1 N–H and O–H groups in total. The number of rotatable bonds is 10. The predicted molar refractivity (Wildman–Crippen MR) is 83.3 cm³/mol. The molecule has 2 nitrogen and oxygen atoms in total. The number of benzene rings is 1. The van der Waals surface area contributed by atoms with Gasteiger partial charge >= 0.3 is 0 Å². The molecule has 0 bridgehead atoms. The predicted octanol–water partition coefficient (Wildman–Crippen LogP) is 4.45. The van der Waals surface area contributed by atoms with Crippen LogP contribution >= 0.6 is 11.6 Å². The molecule has 0 atom stereocenters. The van der Waals surface area contributed by atoms with Gasteiger partial charge in [0.2, 0.25) is 0 Å². The second kappa shape index (κ2) is 10.1. The van der Waals surface area contributed by atoms with E-state index in [9.17, 15) is 0 Å². The summed E-state index contributed by atoms with van der Waals surface area (Å²) in [4.78, 5) is 0. The molecule has 108 valence electrons. The van der Waals surface area contributed by atoms with E-state index in [-0.39, 0.29) is 0 Å². The molecule has 0 saturated carbocycles. The lowest BCUT2D eigenvalue weighted by Crippen LogP contribution is -2.22. The zero-order chi connectivity index (χ0) is 13.9. The second-order valence-electron chi connectivity index (χ2n) is 4.77. The third-order valence-corrected chi connectivity index (χ3v) is 3.52. The summed E-state index contributed by atoms with van der Waals surface area (Å²) < 4.78 is 5.71. The third kappa shape index (κ3) is 6.84. The molecule has 0 radical (unpaired) electrons. The van der Waals surface area contributed by atoms with Gasteiger partial charge in [-0.2, -0.15) is 0 Å². The lowest BCUT2D eigenvalue weighted by molar-refractivity contribution is 0.313. The summed E-state index contributed by atoms with van der Waals surface area (Å²) in [7, 11) is 0. The van der Waals surface area contributed by atoms with Crippen molar-refractivity contribution in [3.8, 4) is 5.75 Å². The highest BCUT2D eigenvalue weighted by atomic mass is 35.5. The fourth-order valence-electron chi connectivity index (χ4n) is 1.95. The van der Waals surface area contributed by atoms with Gasteiger partial charge in [0.1, 0.15) is 12.4 Å². The smallest absolute Gasteiger partial charge is 0.119 e. The van der Waals surface area contributed by atoms with Crippen molar-refractivity contribution in [2.45, 2.75) is 46.0 Å². The molecule has 3 heteroatoms. The Kier molecular flexibility index (Phi) is 8.68. The van der Waals surface area contributed by atoms with Crippen LogP contribution in [0.15, 0.2) is 18.2 Å². The molecule has 0 saturated heterocycles. The van der Waals surface area contributed by atoms with Crippen LogP contribution in [0.4, 0.5) is 0 Å². The molecule has 19 heavy (non-hydrogen) atoms. The molecular weight excluding hydrogens is 258 g/mol. The number of unbranched alkanes of at least 4 members (excludes halogenated alkanes) is 3. The SMILES string of the molecule is CCCCCCNCCOc1ccc(Cl)c(CC)c1. The lowest BCUT2D eigenvalue weighted by atomic mass is 10.1. The quantitative estimate of drug-likeness (QED) is 0.641. The number of nitrogens with one attached hydrogen (secondary N) is 1. The fourth-order valence-corrected chi connectivity index (χ4v) is 2.21. The minimum atomic E-state index is 0.707. The zero-order valence-corrected chi connectivity index (χ0v) is 12.9. The van der Waals surface area contributed by atoms with Gasteiger partial charge in [0.25, 0.3) is 0 Å². The van der Waals surface area contributed by atoms with Crippen molar-refractivity contribution in [2.75, 3.05) is 19.7 Å². The minimum Gasteiger partial charge on any atom is -0.492 e. The van der Waals surface area contributed by atoms with Crippen molar-refractivity contribution >= 4 is 11.6 Å². The van der Waals surface area contributed by atoms with Gasteiger partial charge in [-0.05, 0) is 43.1 Å². The molecule has 0 amide bonds. The van der Waals surface area contributed by atoms with Gasteiger partial charge in [-0.1, -0.05) is 44.7 Å². The van der Waals surface area contributed by atoms with Gasteiger partial charge < -0.3 is 10.1 Å². The fraction of sp³-hybridized carbons (Fsp3) is 0.625. The molecule has 0 fully saturated rings. The number of hydrogen-bond donors (Lipinski definition) is 1. The Hall–Kier alpha value is -0.730. The summed E-state index contributed by atoms with van der Waals surface area (Å²) in [5, 5.41) is 4.23. The van der Waals surface area contributed by atoms with Gasteiger partial charge in [0.05, 0.1) is 0 Å². The van der Waals surface area contributed by atoms with Crippen LogP contribution in [0, 0.1) is 0 Å². The van der Waals surface area contributed by atoms with E-state index in [1.165, 1.54) is 25.7 Å². The van der Waals surface area contributed by atoms with Crippen LogP contribution in [0.5, 0.6) is 5.75 Å². The first-order valence-corrected chi connectivity index (χ1v) is 7.77. The Balaban J connectivity index is 2.12. The molecule has 1 aromatic carbocycles. The lowest BCUT2D eigenvalue weighted by Gasteiger charge is -2.09. The monoisotopic (exact) mass is 283 g/mol. The van der Waals surface area contributed by atoms with Crippen LogP contribution in [-0.4, -0.2) is 19.7 Å². The van der Waals surface area contributed by atoms with E-state index in [1.807, 2.05) is 18.2 Å². The van der Waals surface area contributed by atoms with Gasteiger partial charge in [-0.3, -0.25) is 0 Å². The van der Waals surface area contributed by atoms with E-state index in [2.05, 4.69) is 19.2 Å². The summed E-state index contributed by atoms with van der Waals surface area (Å²) in [5.41, 5.74) is 1.15. The summed E-state index contributed by atoms with van der Waals surface area (Å²) in [6, 6.07) is 5.88. The van der Waals surface area contributed by atoms with Gasteiger partial charge in [0.15, 0.2) is 0 Å². The van der Waals surface area contributed by atoms with Gasteiger partial charge in [-0.15, -0.1) is 0 Å². The molecule has 0 aliphatic rings. The Labute approximate surface area is 122 Å². The highest BCUT2D eigenvalue weighted by molar-refractivity contribution is 6.31. The summed E-state index contributed by atoms with van der Waals surface area (Å²) in [5.74, 6) is 0.911. The Morgan fingerprint density at radius 2 is 1.95 bits per heavy atom. The molecule has 1 rings (SSSR count). The summed E-state index contributed by atoms with van der Waals surface area (Å²) in [6.45, 7) is 7.03. The van der Waals surface area contributed by atoms with Crippen molar-refractivity contribution in [1.82, 2.24) is 5.32 Å². The molecule has 0 unspecified atom stereocenters. The standard InChI is InChI=1S/C16H26ClNO/c1-3-5-6-7-10-18-11-12-19-15-8-9-16(17)14(4-2)13-15/h8-9,13,18H,3-7,10-12H2,1-2H3. The van der Waals surface area contributed by atoms with Crippen LogP contribution in [0.2, 0.25) is 5.02 Å². The Morgan fingerprint density at radius 3 is 2.68 bits per heavy atom. The first-order valence-electron chi connectivity index (χ1n) is 7.39. The molecule has 0 aromatic heterocycles. The molecule has 0 spiro atoms. The topological polar surface area (TPSA) is 21.3 Å². The number of ether oxygens (including phenoxy) is 1. The van der Waals surface area contributed by atoms with Crippen molar-refractivity contribution < 1.29 is 4.74 Å². The zero-order valence-electron chi connectivity index (χ0n) is 12.2. The number of halogens is 1. The summed E-state index contributed by atoms with van der Waals surface area (Å²) >= 11 is 6.07. The Bertz CT molecular complexity index is 355. The molecule has 0 heterocycles. The molecular formula is C16H26ClNO. The molecule has 1 aromatic rings. The van der Waals surface area contributed by atoms with E-state index in [0.29, 0.717) is 6.61 Å². The maximum atomic E-state index is 6.07. The minimum absolute atomic E-state index is 0.707. The first kappa shape index (κ1) is 16.3. The van der Waals surface area contributed by atoms with Crippen molar-refractivity contribution in [3.05, 3.63) is 28.8 Å². The summed E-state index contributed by atoms with van der Waals surface area (Å²) in [6.07, 6.45) is 6.14. The normalized spacial score (nSPS) is 10.7. The van der Waals surface area contributed by atoms with Crippen molar-refractivity contribution in [1.29, 1.82) is 0 Å². The highest BCUT2D eigenvalue weighted by Crippen LogP contribution is 2.22. The largest absolute Gasteiger partial charge is 0.492 e. The van der Waals surface area contributed by atoms with Crippen molar-refractivity contribution in [2.24, 2.45) is 0 Å². The van der Waals surface area contributed by atoms with Crippen LogP contribution < -0.4 is 10.1 Å². The maximum absolute atomic E-state index is 6.07. The van der Waals surface area contributed by atoms with Crippen LogP contribution in [-0.2, 0) is 6.42 Å². The number of hydrogen-bond acceptors (Lipinski definition) is 2. The highest BCUT2D eigenvalue weighted by Gasteiger charge is 2.00. The van der Waals surface area contributed by atoms with E-state index in [1.54, 1.807) is 0 Å². The Morgan fingerprint density at radius 1 is 1.11 bits per heavy atom. The van der Waals surface area contributed by atoms with E-state index < -0.39 is 0 Å².